The topological polar surface area (TPSA) is 76.1 Å². The maximum atomic E-state index is 14.0. The summed E-state index contributed by atoms with van der Waals surface area (Å²) in [5.74, 6) is -1.23. The van der Waals surface area contributed by atoms with E-state index in [-0.39, 0.29) is 24.4 Å². The first-order chi connectivity index (χ1) is 17.1. The quantitative estimate of drug-likeness (QED) is 0.433. The van der Waals surface area contributed by atoms with Crippen molar-refractivity contribution in [2.45, 2.75) is 12.1 Å². The van der Waals surface area contributed by atoms with E-state index in [4.69, 9.17) is 9.47 Å². The number of nitrogens with zero attached hydrogens (tertiary/aromatic N) is 2. The standard InChI is InChI=1S/C28H20N2O5/c31-26(17-10-11-20-21(14-17)35-15-34-20)25-23-22(24-19-9-5-4-6-16(19)12-13-29(24)25)27(32)30(28(23)33)18-7-2-1-3-8-18/h1-14,22-25H,15H2/t22-,23-,24-,25+/m1/s1. The Morgan fingerprint density at radius 3 is 2.43 bits per heavy atom. The Labute approximate surface area is 201 Å². The van der Waals surface area contributed by atoms with Gasteiger partial charge in [0.1, 0.15) is 6.04 Å². The third kappa shape index (κ3) is 2.75. The van der Waals surface area contributed by atoms with Crippen molar-refractivity contribution in [2.75, 3.05) is 11.7 Å². The van der Waals surface area contributed by atoms with E-state index in [0.29, 0.717) is 22.7 Å². The van der Waals surface area contributed by atoms with Gasteiger partial charge in [-0.3, -0.25) is 14.4 Å². The Morgan fingerprint density at radius 2 is 1.57 bits per heavy atom. The number of Topliss-reactive ketones (excluding diaryl/α,β-unsaturated/α-hetero) is 1. The maximum absolute atomic E-state index is 14.0. The first kappa shape index (κ1) is 20.0. The van der Waals surface area contributed by atoms with Gasteiger partial charge in [-0.15, -0.1) is 0 Å². The molecule has 3 aromatic rings. The van der Waals surface area contributed by atoms with Crippen LogP contribution in [0.1, 0.15) is 27.5 Å². The normalized spacial score (nSPS) is 25.5. The Hall–Kier alpha value is -4.39. The number of hydrogen-bond acceptors (Lipinski definition) is 6. The molecule has 4 heterocycles. The van der Waals surface area contributed by atoms with Crippen molar-refractivity contribution in [1.82, 2.24) is 4.90 Å². The lowest BCUT2D eigenvalue weighted by Crippen LogP contribution is -2.44. The number of rotatable bonds is 3. The molecular formula is C28H20N2O5. The number of anilines is 1. The third-order valence-electron chi connectivity index (χ3n) is 7.40. The highest BCUT2D eigenvalue weighted by atomic mass is 16.7. The number of carbonyl (C=O) groups is 3. The SMILES string of the molecule is O=C(c1ccc2c(c1)OCO2)[C@@H]1[C@@H]2C(=O)N(c3ccccc3)C(=O)[C@H]2[C@H]2c3ccccc3C=CN12. The summed E-state index contributed by atoms with van der Waals surface area (Å²) in [6.07, 6.45) is 3.80. The molecule has 0 saturated carbocycles. The number of benzene rings is 3. The number of para-hydroxylation sites is 1. The van der Waals surface area contributed by atoms with Crippen LogP contribution in [0, 0.1) is 11.8 Å². The molecule has 2 fully saturated rings. The second-order valence-electron chi connectivity index (χ2n) is 9.11. The highest BCUT2D eigenvalue weighted by Gasteiger charge is 2.64. The number of ketones is 1. The molecule has 0 spiro atoms. The van der Waals surface area contributed by atoms with Crippen LogP contribution in [-0.4, -0.2) is 35.3 Å². The average molecular weight is 464 g/mol. The monoisotopic (exact) mass is 464 g/mol. The summed E-state index contributed by atoms with van der Waals surface area (Å²) in [7, 11) is 0. The van der Waals surface area contributed by atoms with Crippen LogP contribution in [0.3, 0.4) is 0 Å². The number of ether oxygens (including phenoxy) is 2. The molecule has 4 aliphatic rings. The smallest absolute Gasteiger partial charge is 0.240 e. The van der Waals surface area contributed by atoms with E-state index in [9.17, 15) is 14.4 Å². The number of fused-ring (bicyclic) bond motifs is 6. The summed E-state index contributed by atoms with van der Waals surface area (Å²) in [4.78, 5) is 44.8. The number of amides is 2. The summed E-state index contributed by atoms with van der Waals surface area (Å²) in [6.45, 7) is 0.105. The van der Waals surface area contributed by atoms with Gasteiger partial charge in [-0.05, 0) is 47.5 Å². The Morgan fingerprint density at radius 1 is 0.829 bits per heavy atom. The van der Waals surface area contributed by atoms with E-state index in [1.807, 2.05) is 47.5 Å². The van der Waals surface area contributed by atoms with Crippen LogP contribution < -0.4 is 14.4 Å². The van der Waals surface area contributed by atoms with E-state index in [2.05, 4.69) is 0 Å². The zero-order chi connectivity index (χ0) is 23.7. The summed E-state index contributed by atoms with van der Waals surface area (Å²) in [5, 5.41) is 0. The molecule has 4 atom stereocenters. The van der Waals surface area contributed by atoms with Gasteiger partial charge in [0.2, 0.25) is 18.6 Å². The highest BCUT2D eigenvalue weighted by molar-refractivity contribution is 6.24. The van der Waals surface area contributed by atoms with Gasteiger partial charge < -0.3 is 14.4 Å². The fraction of sp³-hybridized carbons (Fsp3) is 0.179. The minimum atomic E-state index is -0.819. The van der Waals surface area contributed by atoms with Crippen LogP contribution >= 0.6 is 0 Å². The van der Waals surface area contributed by atoms with Crippen LogP contribution in [-0.2, 0) is 9.59 Å². The van der Waals surface area contributed by atoms with Gasteiger partial charge in [0.15, 0.2) is 17.3 Å². The Kier molecular flexibility index (Phi) is 4.18. The van der Waals surface area contributed by atoms with Gasteiger partial charge in [0.25, 0.3) is 0 Å². The Balaban J connectivity index is 1.37. The lowest BCUT2D eigenvalue weighted by Gasteiger charge is -2.35. The van der Waals surface area contributed by atoms with Crippen molar-refractivity contribution in [3.05, 3.63) is 95.7 Å². The van der Waals surface area contributed by atoms with Gasteiger partial charge in [0.05, 0.1) is 23.6 Å². The van der Waals surface area contributed by atoms with E-state index in [1.165, 1.54) is 4.90 Å². The summed E-state index contributed by atoms with van der Waals surface area (Å²) >= 11 is 0. The molecule has 35 heavy (non-hydrogen) atoms. The lowest BCUT2D eigenvalue weighted by atomic mass is 9.83. The van der Waals surface area contributed by atoms with Gasteiger partial charge in [0, 0.05) is 11.8 Å². The molecule has 0 bridgehead atoms. The average Bonchev–Trinajstić information content (AvgIpc) is 3.57. The van der Waals surface area contributed by atoms with E-state index in [1.54, 1.807) is 42.5 Å². The first-order valence-electron chi connectivity index (χ1n) is 11.5. The Bertz CT molecular complexity index is 1430. The molecule has 0 aliphatic carbocycles. The summed E-state index contributed by atoms with van der Waals surface area (Å²) < 4.78 is 10.9. The summed E-state index contributed by atoms with van der Waals surface area (Å²) in [5.41, 5.74) is 2.88. The van der Waals surface area contributed by atoms with Crippen molar-refractivity contribution >= 4 is 29.4 Å². The zero-order valence-electron chi connectivity index (χ0n) is 18.5. The molecule has 2 saturated heterocycles. The zero-order valence-corrected chi connectivity index (χ0v) is 18.5. The number of carbonyl (C=O) groups excluding carboxylic acids is 3. The minimum absolute atomic E-state index is 0.105. The molecule has 3 aromatic carbocycles. The molecule has 7 nitrogen and oxygen atoms in total. The van der Waals surface area contributed by atoms with Crippen molar-refractivity contribution in [1.29, 1.82) is 0 Å². The molecule has 2 amide bonds. The van der Waals surface area contributed by atoms with Gasteiger partial charge in [-0.1, -0.05) is 42.5 Å². The van der Waals surface area contributed by atoms with E-state index in [0.717, 1.165) is 11.1 Å². The van der Waals surface area contributed by atoms with Crippen LogP contribution in [0.15, 0.2) is 79.0 Å². The molecule has 4 aliphatic heterocycles. The second-order valence-corrected chi connectivity index (χ2v) is 9.11. The van der Waals surface area contributed by atoms with Crippen LogP contribution in [0.4, 0.5) is 5.69 Å². The van der Waals surface area contributed by atoms with Crippen LogP contribution in [0.5, 0.6) is 11.5 Å². The fourth-order valence-corrected chi connectivity index (χ4v) is 5.91. The molecule has 0 radical (unpaired) electrons. The summed E-state index contributed by atoms with van der Waals surface area (Å²) in [6, 6.07) is 20.6. The maximum Gasteiger partial charge on any atom is 0.240 e. The van der Waals surface area contributed by atoms with Gasteiger partial charge in [-0.2, -0.15) is 0 Å². The molecule has 0 unspecified atom stereocenters. The van der Waals surface area contributed by atoms with Crippen molar-refractivity contribution in [3.63, 3.8) is 0 Å². The lowest BCUT2D eigenvalue weighted by molar-refractivity contribution is -0.123. The number of hydrogen-bond donors (Lipinski definition) is 0. The predicted molar refractivity (Wildman–Crippen MR) is 127 cm³/mol. The third-order valence-corrected chi connectivity index (χ3v) is 7.40. The molecule has 7 heteroatoms. The van der Waals surface area contributed by atoms with Crippen molar-refractivity contribution < 1.29 is 23.9 Å². The van der Waals surface area contributed by atoms with Crippen LogP contribution in [0.2, 0.25) is 0 Å². The molecular weight excluding hydrogens is 444 g/mol. The van der Waals surface area contributed by atoms with Gasteiger partial charge in [-0.25, -0.2) is 4.90 Å². The molecule has 7 rings (SSSR count). The van der Waals surface area contributed by atoms with Crippen LogP contribution in [0.25, 0.3) is 6.08 Å². The predicted octanol–water partition coefficient (Wildman–Crippen LogP) is 3.81. The molecule has 0 N–H and O–H groups in total. The van der Waals surface area contributed by atoms with Crippen molar-refractivity contribution in [2.24, 2.45) is 11.8 Å². The largest absolute Gasteiger partial charge is 0.454 e. The molecule has 0 aromatic heterocycles. The highest BCUT2D eigenvalue weighted by Crippen LogP contribution is 2.53. The minimum Gasteiger partial charge on any atom is -0.454 e. The fourth-order valence-electron chi connectivity index (χ4n) is 5.91. The van der Waals surface area contributed by atoms with E-state index < -0.39 is 23.9 Å². The number of imide groups is 1. The van der Waals surface area contributed by atoms with Gasteiger partial charge >= 0.3 is 0 Å². The van der Waals surface area contributed by atoms with E-state index >= 15 is 0 Å². The second kappa shape index (κ2) is 7.30. The first-order valence-corrected chi connectivity index (χ1v) is 11.5. The molecule has 172 valence electrons. The van der Waals surface area contributed by atoms with Crippen molar-refractivity contribution in [3.8, 4) is 11.5 Å².